The fraction of sp³-hybridized carbons (Fsp3) is 0.733. The van der Waals surface area contributed by atoms with Gasteiger partial charge in [-0.2, -0.15) is 5.10 Å². The van der Waals surface area contributed by atoms with Crippen LogP contribution in [0.5, 0.6) is 0 Å². The molecule has 0 saturated carbocycles. The molecule has 0 aromatic carbocycles. The van der Waals surface area contributed by atoms with Crippen LogP contribution in [0.1, 0.15) is 44.6 Å². The minimum Gasteiger partial charge on any atom is -0.378 e. The van der Waals surface area contributed by atoms with Crippen LogP contribution in [-0.4, -0.2) is 46.4 Å². The van der Waals surface area contributed by atoms with Crippen LogP contribution in [0.25, 0.3) is 0 Å². The minimum atomic E-state index is 0.275. The van der Waals surface area contributed by atoms with Gasteiger partial charge in [-0.05, 0) is 38.2 Å². The van der Waals surface area contributed by atoms with Gasteiger partial charge in [0.15, 0.2) is 0 Å². The largest absolute Gasteiger partial charge is 0.378 e. The molecule has 0 aliphatic carbocycles. The number of likely N-dealkylation sites (tertiary alicyclic amines) is 1. The number of hydrogen-bond donors (Lipinski definition) is 0. The number of carbonyl (C=O) groups is 1. The molecule has 0 N–H and O–H groups in total. The smallest absolute Gasteiger partial charge is 0.222 e. The zero-order valence-electron chi connectivity index (χ0n) is 11.9. The highest BCUT2D eigenvalue weighted by molar-refractivity contribution is 5.76. The van der Waals surface area contributed by atoms with Gasteiger partial charge >= 0.3 is 0 Å². The molecule has 0 spiro atoms. The van der Waals surface area contributed by atoms with Gasteiger partial charge in [0.25, 0.3) is 0 Å². The zero-order chi connectivity index (χ0) is 13.8. The molecule has 1 aromatic heterocycles. The molecule has 0 radical (unpaired) electrons. The maximum atomic E-state index is 12.3. The topological polar surface area (TPSA) is 47.4 Å². The molecule has 110 valence electrons. The van der Waals surface area contributed by atoms with E-state index in [-0.39, 0.29) is 5.91 Å². The summed E-state index contributed by atoms with van der Waals surface area (Å²) >= 11 is 0. The fourth-order valence-electron chi connectivity index (χ4n) is 3.21. The predicted octanol–water partition coefficient (Wildman–Crippen LogP) is 2.01. The molecule has 2 aliphatic rings. The first-order chi connectivity index (χ1) is 9.83. The van der Waals surface area contributed by atoms with Crippen molar-refractivity contribution in [2.75, 3.05) is 19.7 Å². The number of hydrogen-bond acceptors (Lipinski definition) is 3. The second-order valence-corrected chi connectivity index (χ2v) is 5.80. The lowest BCUT2D eigenvalue weighted by molar-refractivity contribution is -0.133. The molecule has 3 heterocycles. The Bertz CT molecular complexity index is 426. The third-order valence-corrected chi connectivity index (χ3v) is 4.35. The monoisotopic (exact) mass is 277 g/mol. The van der Waals surface area contributed by atoms with Crippen molar-refractivity contribution in [1.29, 1.82) is 0 Å². The van der Waals surface area contributed by atoms with Crippen LogP contribution < -0.4 is 0 Å². The van der Waals surface area contributed by atoms with Crippen LogP contribution in [0.4, 0.5) is 0 Å². The van der Waals surface area contributed by atoms with Crippen LogP contribution in [0, 0.1) is 0 Å². The first-order valence-corrected chi connectivity index (χ1v) is 7.71. The van der Waals surface area contributed by atoms with Crippen LogP contribution >= 0.6 is 0 Å². The van der Waals surface area contributed by atoms with Crippen molar-refractivity contribution in [2.24, 2.45) is 0 Å². The Morgan fingerprint density at radius 2 is 2.30 bits per heavy atom. The molecule has 0 bridgehead atoms. The van der Waals surface area contributed by atoms with Gasteiger partial charge in [-0.3, -0.25) is 9.48 Å². The second kappa shape index (κ2) is 6.39. The molecule has 1 aromatic rings. The van der Waals surface area contributed by atoms with E-state index in [4.69, 9.17) is 4.74 Å². The Kier molecular flexibility index (Phi) is 4.35. The standard InChI is InChI=1S/C15H23N3O2/c19-15(7-6-14-5-2-11-20-14)17-9-1-4-13(12-17)18-10-3-8-16-18/h3,8,10,13-14H,1-2,4-7,9,11-12H2/t13-,14-/m0/s1. The normalized spacial score (nSPS) is 26.9. The summed E-state index contributed by atoms with van der Waals surface area (Å²) in [5.41, 5.74) is 0. The predicted molar refractivity (Wildman–Crippen MR) is 75.3 cm³/mol. The highest BCUT2D eigenvalue weighted by atomic mass is 16.5. The summed E-state index contributed by atoms with van der Waals surface area (Å²) in [7, 11) is 0. The van der Waals surface area contributed by atoms with Gasteiger partial charge in [0.2, 0.25) is 5.91 Å². The van der Waals surface area contributed by atoms with E-state index in [2.05, 4.69) is 5.10 Å². The Morgan fingerprint density at radius 1 is 1.35 bits per heavy atom. The molecule has 20 heavy (non-hydrogen) atoms. The average Bonchev–Trinajstić information content (AvgIpc) is 3.18. The lowest BCUT2D eigenvalue weighted by Gasteiger charge is -2.33. The highest BCUT2D eigenvalue weighted by Crippen LogP contribution is 2.22. The van der Waals surface area contributed by atoms with Crippen molar-refractivity contribution in [3.8, 4) is 0 Å². The third kappa shape index (κ3) is 3.20. The molecular weight excluding hydrogens is 254 g/mol. The van der Waals surface area contributed by atoms with Crippen molar-refractivity contribution in [3.63, 3.8) is 0 Å². The zero-order valence-corrected chi connectivity index (χ0v) is 11.9. The number of aromatic nitrogens is 2. The Morgan fingerprint density at radius 3 is 3.05 bits per heavy atom. The fourth-order valence-corrected chi connectivity index (χ4v) is 3.21. The van der Waals surface area contributed by atoms with E-state index in [9.17, 15) is 4.79 Å². The molecule has 2 saturated heterocycles. The first-order valence-electron chi connectivity index (χ1n) is 7.71. The molecule has 2 fully saturated rings. The van der Waals surface area contributed by atoms with Crippen molar-refractivity contribution in [2.45, 2.75) is 50.7 Å². The Hall–Kier alpha value is -1.36. The SMILES string of the molecule is O=C(CC[C@@H]1CCCO1)N1CCC[C@H](n2cccn2)C1. The van der Waals surface area contributed by atoms with Crippen molar-refractivity contribution in [1.82, 2.24) is 14.7 Å². The summed E-state index contributed by atoms with van der Waals surface area (Å²) in [5.74, 6) is 0.275. The van der Waals surface area contributed by atoms with Crippen molar-refractivity contribution < 1.29 is 9.53 Å². The lowest BCUT2D eigenvalue weighted by atomic mass is 10.0. The summed E-state index contributed by atoms with van der Waals surface area (Å²) < 4.78 is 7.57. The average molecular weight is 277 g/mol. The summed E-state index contributed by atoms with van der Waals surface area (Å²) in [6.45, 7) is 2.55. The molecule has 2 aliphatic heterocycles. The molecule has 5 heteroatoms. The summed E-state index contributed by atoms with van der Waals surface area (Å²) in [4.78, 5) is 14.3. The van der Waals surface area contributed by atoms with E-state index in [0.29, 0.717) is 18.6 Å². The summed E-state index contributed by atoms with van der Waals surface area (Å²) in [5, 5.41) is 4.30. The van der Waals surface area contributed by atoms with Gasteiger partial charge in [-0.1, -0.05) is 0 Å². The minimum absolute atomic E-state index is 0.275. The lowest BCUT2D eigenvalue weighted by Crippen LogP contribution is -2.41. The molecular formula is C15H23N3O2. The van der Waals surface area contributed by atoms with Crippen LogP contribution in [0.3, 0.4) is 0 Å². The number of ether oxygens (including phenoxy) is 1. The molecule has 3 rings (SSSR count). The van der Waals surface area contributed by atoms with Gasteiger partial charge in [-0.25, -0.2) is 0 Å². The van der Waals surface area contributed by atoms with E-state index in [1.165, 1.54) is 0 Å². The van der Waals surface area contributed by atoms with Gasteiger partial charge in [-0.15, -0.1) is 0 Å². The van der Waals surface area contributed by atoms with E-state index in [1.54, 1.807) is 6.20 Å². The van der Waals surface area contributed by atoms with Gasteiger partial charge in [0, 0.05) is 38.5 Å². The molecule has 1 amide bonds. The highest BCUT2D eigenvalue weighted by Gasteiger charge is 2.25. The van der Waals surface area contributed by atoms with Crippen LogP contribution in [0.15, 0.2) is 18.5 Å². The van der Waals surface area contributed by atoms with Crippen LogP contribution in [-0.2, 0) is 9.53 Å². The number of piperidine rings is 1. The Labute approximate surface area is 119 Å². The number of nitrogens with zero attached hydrogens (tertiary/aromatic N) is 3. The first kappa shape index (κ1) is 13.6. The van der Waals surface area contributed by atoms with Gasteiger partial charge < -0.3 is 9.64 Å². The van der Waals surface area contributed by atoms with Gasteiger partial charge in [0.1, 0.15) is 0 Å². The van der Waals surface area contributed by atoms with E-state index in [1.807, 2.05) is 21.8 Å². The van der Waals surface area contributed by atoms with E-state index >= 15 is 0 Å². The molecule has 5 nitrogen and oxygen atoms in total. The second-order valence-electron chi connectivity index (χ2n) is 5.80. The molecule has 2 atom stereocenters. The van der Waals surface area contributed by atoms with Crippen molar-refractivity contribution in [3.05, 3.63) is 18.5 Å². The van der Waals surface area contributed by atoms with Crippen molar-refractivity contribution >= 4 is 5.91 Å². The summed E-state index contributed by atoms with van der Waals surface area (Å²) in [6.07, 6.45) is 10.0. The summed E-state index contributed by atoms with van der Waals surface area (Å²) in [6, 6.07) is 2.28. The number of amides is 1. The maximum absolute atomic E-state index is 12.3. The number of carbonyl (C=O) groups excluding carboxylic acids is 1. The number of rotatable bonds is 4. The van der Waals surface area contributed by atoms with Gasteiger partial charge in [0.05, 0.1) is 12.1 Å². The quantitative estimate of drug-likeness (QED) is 0.845. The van der Waals surface area contributed by atoms with Crippen LogP contribution in [0.2, 0.25) is 0 Å². The van der Waals surface area contributed by atoms with E-state index < -0.39 is 0 Å². The van der Waals surface area contributed by atoms with E-state index in [0.717, 1.165) is 51.8 Å². The maximum Gasteiger partial charge on any atom is 0.222 e. The third-order valence-electron chi connectivity index (χ3n) is 4.35. The Balaban J connectivity index is 1.49. The molecule has 0 unspecified atom stereocenters.